The van der Waals surface area contributed by atoms with Crippen LogP contribution >= 0.6 is 0 Å². The molecule has 3 atom stereocenters. The number of carbonyl (C=O) groups excluding carboxylic acids is 3. The van der Waals surface area contributed by atoms with Gasteiger partial charge in [-0.3, -0.25) is 19.2 Å². The third-order valence-electron chi connectivity index (χ3n) is 3.53. The van der Waals surface area contributed by atoms with Gasteiger partial charge in [0.25, 0.3) is 0 Å². The van der Waals surface area contributed by atoms with E-state index in [1.807, 2.05) is 0 Å². The van der Waals surface area contributed by atoms with Gasteiger partial charge in [-0.05, 0) is 32.7 Å². The largest absolute Gasteiger partial charge is 0.481 e. The Bertz CT molecular complexity index is 555. The molecule has 0 rings (SSSR count). The second kappa shape index (κ2) is 12.6. The van der Waals surface area contributed by atoms with Crippen LogP contribution in [0.1, 0.15) is 32.6 Å². The Hall–Kier alpha value is -2.73. The first kappa shape index (κ1) is 24.3. The second-order valence-electron chi connectivity index (χ2n) is 5.84. The summed E-state index contributed by atoms with van der Waals surface area (Å²) in [5.74, 6) is -4.98. The summed E-state index contributed by atoms with van der Waals surface area (Å²) >= 11 is 0. The molecule has 0 aliphatic heterocycles. The van der Waals surface area contributed by atoms with Crippen molar-refractivity contribution in [1.82, 2.24) is 16.0 Å². The van der Waals surface area contributed by atoms with Crippen molar-refractivity contribution >= 4 is 29.7 Å². The molecule has 12 nitrogen and oxygen atoms in total. The smallest absolute Gasteiger partial charge is 0.326 e. The number of carbonyl (C=O) groups is 5. The van der Waals surface area contributed by atoms with E-state index < -0.39 is 54.2 Å². The van der Waals surface area contributed by atoms with Gasteiger partial charge in [0.1, 0.15) is 18.1 Å². The number of hydrogen-bond acceptors (Lipinski definition) is 7. The standard InChI is InChI=1S/C15H27N5O7/c1-8(18-11(21)7-17)13(24)19-9(4-2-3-5-16)14(25)20-10(15(26)27)6-12(22)23/h8-10H,2-7,16-17H2,1H3,(H,18,21)(H,19,24)(H,20,25)(H,22,23)(H,26,27). The van der Waals surface area contributed by atoms with Gasteiger partial charge in [-0.2, -0.15) is 0 Å². The molecule has 0 aromatic rings. The zero-order valence-electron chi connectivity index (χ0n) is 15.1. The predicted molar refractivity (Wildman–Crippen MR) is 93.3 cm³/mol. The maximum atomic E-state index is 12.3. The monoisotopic (exact) mass is 389 g/mol. The van der Waals surface area contributed by atoms with Crippen molar-refractivity contribution in [3.05, 3.63) is 0 Å². The predicted octanol–water partition coefficient (Wildman–Crippen LogP) is -2.89. The van der Waals surface area contributed by atoms with E-state index in [1.165, 1.54) is 6.92 Å². The fraction of sp³-hybridized carbons (Fsp3) is 0.667. The van der Waals surface area contributed by atoms with Crippen LogP contribution in [0, 0.1) is 0 Å². The van der Waals surface area contributed by atoms with Gasteiger partial charge in [0.15, 0.2) is 0 Å². The molecule has 3 amide bonds. The Kier molecular flexibility index (Phi) is 11.3. The van der Waals surface area contributed by atoms with Crippen molar-refractivity contribution in [2.45, 2.75) is 50.7 Å². The Morgan fingerprint density at radius 2 is 1.48 bits per heavy atom. The number of amides is 3. The Labute approximate surface area is 156 Å². The van der Waals surface area contributed by atoms with Crippen molar-refractivity contribution in [3.63, 3.8) is 0 Å². The maximum absolute atomic E-state index is 12.3. The average Bonchev–Trinajstić information content (AvgIpc) is 2.59. The van der Waals surface area contributed by atoms with Crippen molar-refractivity contribution in [2.24, 2.45) is 11.5 Å². The Morgan fingerprint density at radius 1 is 0.889 bits per heavy atom. The van der Waals surface area contributed by atoms with E-state index in [4.69, 9.17) is 21.7 Å². The molecule has 9 N–H and O–H groups in total. The normalized spacial score (nSPS) is 13.7. The van der Waals surface area contributed by atoms with Crippen LogP contribution in [0.15, 0.2) is 0 Å². The Morgan fingerprint density at radius 3 is 1.96 bits per heavy atom. The molecule has 0 saturated heterocycles. The lowest BCUT2D eigenvalue weighted by Gasteiger charge is -2.22. The highest BCUT2D eigenvalue weighted by atomic mass is 16.4. The minimum Gasteiger partial charge on any atom is -0.481 e. The maximum Gasteiger partial charge on any atom is 0.326 e. The summed E-state index contributed by atoms with van der Waals surface area (Å²) in [5, 5.41) is 24.6. The number of nitrogens with two attached hydrogens (primary N) is 2. The molecule has 12 heteroatoms. The number of hydrogen-bond donors (Lipinski definition) is 7. The first-order valence-electron chi connectivity index (χ1n) is 8.37. The number of carboxylic acids is 2. The van der Waals surface area contributed by atoms with Crippen molar-refractivity contribution in [1.29, 1.82) is 0 Å². The van der Waals surface area contributed by atoms with Gasteiger partial charge in [0.2, 0.25) is 17.7 Å². The number of unbranched alkanes of at least 4 members (excludes halogenated alkanes) is 1. The van der Waals surface area contributed by atoms with Crippen LogP contribution in [-0.2, 0) is 24.0 Å². The van der Waals surface area contributed by atoms with E-state index in [0.717, 1.165) is 0 Å². The molecule has 0 heterocycles. The van der Waals surface area contributed by atoms with Gasteiger partial charge in [0, 0.05) is 0 Å². The van der Waals surface area contributed by atoms with Crippen molar-refractivity contribution in [3.8, 4) is 0 Å². The summed E-state index contributed by atoms with van der Waals surface area (Å²) in [4.78, 5) is 57.6. The molecular weight excluding hydrogens is 362 g/mol. The van der Waals surface area contributed by atoms with Crippen LogP contribution in [0.25, 0.3) is 0 Å². The van der Waals surface area contributed by atoms with E-state index in [1.54, 1.807) is 0 Å². The molecule has 0 spiro atoms. The molecule has 3 unspecified atom stereocenters. The molecule has 0 radical (unpaired) electrons. The van der Waals surface area contributed by atoms with Gasteiger partial charge in [-0.25, -0.2) is 4.79 Å². The lowest BCUT2D eigenvalue weighted by molar-refractivity contribution is -0.147. The van der Waals surface area contributed by atoms with Crippen LogP contribution in [0.2, 0.25) is 0 Å². The molecule has 27 heavy (non-hydrogen) atoms. The first-order chi connectivity index (χ1) is 12.6. The van der Waals surface area contributed by atoms with Crippen molar-refractivity contribution < 1.29 is 34.2 Å². The summed E-state index contributed by atoms with van der Waals surface area (Å²) in [6, 6.07) is -3.73. The van der Waals surface area contributed by atoms with Crippen molar-refractivity contribution in [2.75, 3.05) is 13.1 Å². The summed E-state index contributed by atoms with van der Waals surface area (Å²) in [7, 11) is 0. The molecule has 0 fully saturated rings. The zero-order chi connectivity index (χ0) is 21.0. The third-order valence-corrected chi connectivity index (χ3v) is 3.53. The molecular formula is C15H27N5O7. The summed E-state index contributed by atoms with van der Waals surface area (Å²) < 4.78 is 0. The molecule has 0 aliphatic rings. The average molecular weight is 389 g/mol. The highest BCUT2D eigenvalue weighted by Crippen LogP contribution is 2.04. The molecule has 0 bridgehead atoms. The van der Waals surface area contributed by atoms with E-state index in [9.17, 15) is 24.0 Å². The fourth-order valence-electron chi connectivity index (χ4n) is 2.07. The summed E-state index contributed by atoms with van der Waals surface area (Å²) in [5.41, 5.74) is 10.5. The summed E-state index contributed by atoms with van der Waals surface area (Å²) in [6.07, 6.45) is 0.380. The van der Waals surface area contributed by atoms with Gasteiger partial charge in [0.05, 0.1) is 13.0 Å². The number of carboxylic acid groups (broad SMARTS) is 2. The Balaban J connectivity index is 5.06. The third kappa shape index (κ3) is 10.1. The highest BCUT2D eigenvalue weighted by molar-refractivity contribution is 5.94. The van der Waals surface area contributed by atoms with Crippen LogP contribution in [0.5, 0.6) is 0 Å². The molecule has 0 aliphatic carbocycles. The van der Waals surface area contributed by atoms with Crippen LogP contribution in [0.3, 0.4) is 0 Å². The topological polar surface area (TPSA) is 214 Å². The molecule has 0 aromatic carbocycles. The minimum absolute atomic E-state index is 0.158. The summed E-state index contributed by atoms with van der Waals surface area (Å²) in [6.45, 7) is 1.44. The van der Waals surface area contributed by atoms with Gasteiger partial charge >= 0.3 is 11.9 Å². The molecule has 154 valence electrons. The number of aliphatic carboxylic acids is 2. The molecule has 0 saturated carbocycles. The zero-order valence-corrected chi connectivity index (χ0v) is 15.1. The lowest BCUT2D eigenvalue weighted by atomic mass is 10.1. The van der Waals surface area contributed by atoms with E-state index in [-0.39, 0.29) is 13.0 Å². The van der Waals surface area contributed by atoms with E-state index in [2.05, 4.69) is 16.0 Å². The first-order valence-corrected chi connectivity index (χ1v) is 8.37. The highest BCUT2D eigenvalue weighted by Gasteiger charge is 2.29. The quantitative estimate of drug-likeness (QED) is 0.161. The van der Waals surface area contributed by atoms with E-state index in [0.29, 0.717) is 19.4 Å². The SMILES string of the molecule is CC(NC(=O)CN)C(=O)NC(CCCCN)C(=O)NC(CC(=O)O)C(=O)O. The fourth-order valence-corrected chi connectivity index (χ4v) is 2.07. The second-order valence-corrected chi connectivity index (χ2v) is 5.84. The van der Waals surface area contributed by atoms with E-state index >= 15 is 0 Å². The minimum atomic E-state index is -1.64. The number of nitrogens with one attached hydrogen (secondary N) is 3. The van der Waals surface area contributed by atoms with Crippen LogP contribution < -0.4 is 27.4 Å². The van der Waals surface area contributed by atoms with Gasteiger partial charge in [-0.15, -0.1) is 0 Å². The lowest BCUT2D eigenvalue weighted by Crippen LogP contribution is -2.55. The van der Waals surface area contributed by atoms with Gasteiger partial charge in [-0.1, -0.05) is 0 Å². The van der Waals surface area contributed by atoms with Crippen LogP contribution in [0.4, 0.5) is 0 Å². The van der Waals surface area contributed by atoms with Gasteiger partial charge < -0.3 is 37.6 Å². The number of rotatable bonds is 13. The van der Waals surface area contributed by atoms with Crippen LogP contribution in [-0.4, -0.2) is 71.1 Å². The molecule has 0 aromatic heterocycles.